The van der Waals surface area contributed by atoms with E-state index in [0.717, 1.165) is 42.1 Å². The van der Waals surface area contributed by atoms with E-state index in [1.165, 1.54) is 11.1 Å². The first-order valence-electron chi connectivity index (χ1n) is 7.41. The van der Waals surface area contributed by atoms with Crippen molar-refractivity contribution in [1.82, 2.24) is 15.2 Å². The van der Waals surface area contributed by atoms with Gasteiger partial charge >= 0.3 is 0 Å². The smallest absolute Gasteiger partial charge is 0.185 e. The minimum absolute atomic E-state index is 0.833. The van der Waals surface area contributed by atoms with Crippen molar-refractivity contribution in [3.05, 3.63) is 35.2 Å². The molecule has 0 atom stereocenters. The zero-order chi connectivity index (χ0) is 15.5. The molecule has 0 radical (unpaired) electrons. The minimum Gasteiger partial charge on any atom is -0.366 e. The van der Waals surface area contributed by atoms with Crippen molar-refractivity contribution < 1.29 is 0 Å². The lowest BCUT2D eigenvalue weighted by molar-refractivity contribution is 0.382. The number of hydrogen-bond donors (Lipinski definition) is 1. The van der Waals surface area contributed by atoms with Gasteiger partial charge in [-0.05, 0) is 19.1 Å². The Morgan fingerprint density at radius 1 is 1.18 bits per heavy atom. The number of rotatable bonds is 2. The highest BCUT2D eigenvalue weighted by atomic mass is 32.1. The number of nitrogens with one attached hydrogen (secondary N) is 1. The molecule has 1 aromatic heterocycles. The number of anilines is 1. The molecule has 1 aromatic carbocycles. The summed E-state index contributed by atoms with van der Waals surface area (Å²) in [5.74, 6) is 0. The van der Waals surface area contributed by atoms with Crippen LogP contribution in [0.5, 0.6) is 0 Å². The summed E-state index contributed by atoms with van der Waals surface area (Å²) in [5, 5.41) is 7.12. The fourth-order valence-electron chi connectivity index (χ4n) is 2.53. The lowest BCUT2D eigenvalue weighted by Crippen LogP contribution is -2.51. The molecule has 0 spiro atoms. The second kappa shape index (κ2) is 6.62. The maximum absolute atomic E-state index is 5.29. The average Bonchev–Trinajstić information content (AvgIpc) is 3.05. The standard InChI is InChI=1S/C16H20N4S2/c1-12-3-5-13(6-4-12)14-11-22-16(18-14)20-9-7-19(8-10-20)15(21)17-2/h3-6,11H,7-10H2,1-2H3,(H,17,21). The van der Waals surface area contributed by atoms with Crippen LogP contribution in [0.3, 0.4) is 0 Å². The molecule has 0 bridgehead atoms. The van der Waals surface area contributed by atoms with Crippen molar-refractivity contribution in [2.45, 2.75) is 6.92 Å². The number of thiocarbonyl (C=S) groups is 1. The Morgan fingerprint density at radius 3 is 2.50 bits per heavy atom. The van der Waals surface area contributed by atoms with Gasteiger partial charge in [0.1, 0.15) is 0 Å². The number of aryl methyl sites for hydroxylation is 1. The van der Waals surface area contributed by atoms with E-state index in [9.17, 15) is 0 Å². The van der Waals surface area contributed by atoms with Gasteiger partial charge in [0, 0.05) is 44.2 Å². The van der Waals surface area contributed by atoms with Gasteiger partial charge in [0.15, 0.2) is 10.2 Å². The van der Waals surface area contributed by atoms with Gasteiger partial charge < -0.3 is 15.1 Å². The average molecular weight is 332 g/mol. The highest BCUT2D eigenvalue weighted by Gasteiger charge is 2.20. The van der Waals surface area contributed by atoms with E-state index in [2.05, 4.69) is 51.7 Å². The molecule has 1 saturated heterocycles. The molecule has 1 aliphatic heterocycles. The summed E-state index contributed by atoms with van der Waals surface area (Å²) in [6.45, 7) is 5.91. The first-order chi connectivity index (χ1) is 10.7. The molecule has 6 heteroatoms. The zero-order valence-corrected chi connectivity index (χ0v) is 14.5. The number of benzene rings is 1. The molecule has 116 valence electrons. The van der Waals surface area contributed by atoms with Crippen LogP contribution in [0.1, 0.15) is 5.56 Å². The summed E-state index contributed by atoms with van der Waals surface area (Å²) < 4.78 is 0. The number of nitrogens with zero attached hydrogens (tertiary/aromatic N) is 3. The number of piperazine rings is 1. The van der Waals surface area contributed by atoms with Crippen LogP contribution in [0.4, 0.5) is 5.13 Å². The van der Waals surface area contributed by atoms with Gasteiger partial charge in [-0.3, -0.25) is 0 Å². The minimum atomic E-state index is 0.833. The predicted molar refractivity (Wildman–Crippen MR) is 97.7 cm³/mol. The molecular formula is C16H20N4S2. The Kier molecular flexibility index (Phi) is 4.59. The van der Waals surface area contributed by atoms with Crippen molar-refractivity contribution >= 4 is 33.8 Å². The third kappa shape index (κ3) is 3.23. The second-order valence-corrected chi connectivity index (χ2v) is 6.63. The van der Waals surface area contributed by atoms with E-state index in [4.69, 9.17) is 17.2 Å². The lowest BCUT2D eigenvalue weighted by atomic mass is 10.1. The summed E-state index contributed by atoms with van der Waals surface area (Å²) >= 11 is 7.01. The highest BCUT2D eigenvalue weighted by Crippen LogP contribution is 2.28. The second-order valence-electron chi connectivity index (χ2n) is 5.41. The van der Waals surface area contributed by atoms with Crippen molar-refractivity contribution in [3.63, 3.8) is 0 Å². The topological polar surface area (TPSA) is 31.4 Å². The van der Waals surface area contributed by atoms with Crippen LogP contribution in [0.2, 0.25) is 0 Å². The van der Waals surface area contributed by atoms with Crippen LogP contribution in [-0.4, -0.2) is 48.2 Å². The first-order valence-corrected chi connectivity index (χ1v) is 8.70. The number of aromatic nitrogens is 1. The summed E-state index contributed by atoms with van der Waals surface area (Å²) in [4.78, 5) is 9.35. The van der Waals surface area contributed by atoms with Gasteiger partial charge in [0.2, 0.25) is 0 Å². The Labute approximate surface area is 140 Å². The van der Waals surface area contributed by atoms with Crippen molar-refractivity contribution in [1.29, 1.82) is 0 Å². The molecule has 0 aliphatic carbocycles. The molecule has 0 saturated carbocycles. The van der Waals surface area contributed by atoms with Crippen molar-refractivity contribution in [3.8, 4) is 11.3 Å². The Bertz CT molecular complexity index is 642. The summed E-state index contributed by atoms with van der Waals surface area (Å²) in [6.07, 6.45) is 0. The molecule has 3 rings (SSSR count). The van der Waals surface area contributed by atoms with E-state index >= 15 is 0 Å². The maximum Gasteiger partial charge on any atom is 0.185 e. The molecule has 0 unspecified atom stereocenters. The van der Waals surface area contributed by atoms with E-state index < -0.39 is 0 Å². The quantitative estimate of drug-likeness (QED) is 0.855. The van der Waals surface area contributed by atoms with E-state index in [1.807, 2.05) is 7.05 Å². The van der Waals surface area contributed by atoms with Gasteiger partial charge in [-0.15, -0.1) is 11.3 Å². The van der Waals surface area contributed by atoms with Crippen LogP contribution in [0.15, 0.2) is 29.6 Å². The van der Waals surface area contributed by atoms with E-state index in [1.54, 1.807) is 11.3 Å². The Morgan fingerprint density at radius 2 is 1.86 bits per heavy atom. The van der Waals surface area contributed by atoms with Gasteiger partial charge in [-0.2, -0.15) is 0 Å². The normalized spacial score (nSPS) is 15.0. The zero-order valence-electron chi connectivity index (χ0n) is 12.9. The fraction of sp³-hybridized carbons (Fsp3) is 0.375. The summed E-state index contributed by atoms with van der Waals surface area (Å²) in [7, 11) is 1.88. The van der Waals surface area contributed by atoms with Gasteiger partial charge in [0.05, 0.1) is 5.69 Å². The third-order valence-corrected chi connectivity index (χ3v) is 5.25. The summed E-state index contributed by atoms with van der Waals surface area (Å²) in [6, 6.07) is 8.53. The SMILES string of the molecule is CNC(=S)N1CCN(c2nc(-c3ccc(C)cc3)cs2)CC1. The number of thiazole rings is 1. The third-order valence-electron chi connectivity index (χ3n) is 3.89. The van der Waals surface area contributed by atoms with Gasteiger partial charge in [-0.1, -0.05) is 29.8 Å². The molecule has 0 amide bonds. The largest absolute Gasteiger partial charge is 0.366 e. The van der Waals surface area contributed by atoms with Crippen molar-refractivity contribution in [2.24, 2.45) is 0 Å². The molecule has 1 N–H and O–H groups in total. The number of hydrogen-bond acceptors (Lipinski definition) is 4. The van der Waals surface area contributed by atoms with Crippen LogP contribution in [-0.2, 0) is 0 Å². The molecule has 2 heterocycles. The Hall–Kier alpha value is -1.66. The molecule has 1 aliphatic rings. The van der Waals surface area contributed by atoms with Crippen LogP contribution in [0.25, 0.3) is 11.3 Å². The molecular weight excluding hydrogens is 312 g/mol. The van der Waals surface area contributed by atoms with E-state index in [0.29, 0.717) is 0 Å². The fourth-order valence-corrected chi connectivity index (χ4v) is 3.60. The van der Waals surface area contributed by atoms with E-state index in [-0.39, 0.29) is 0 Å². The Balaban J connectivity index is 1.67. The molecule has 4 nitrogen and oxygen atoms in total. The van der Waals surface area contributed by atoms with Gasteiger partial charge in [0.25, 0.3) is 0 Å². The molecule has 2 aromatic rings. The lowest BCUT2D eigenvalue weighted by Gasteiger charge is -2.35. The van der Waals surface area contributed by atoms with Crippen LogP contribution >= 0.6 is 23.6 Å². The molecule has 1 fully saturated rings. The maximum atomic E-state index is 5.29. The monoisotopic (exact) mass is 332 g/mol. The first kappa shape index (κ1) is 15.2. The van der Waals surface area contributed by atoms with Crippen LogP contribution < -0.4 is 10.2 Å². The van der Waals surface area contributed by atoms with Crippen molar-refractivity contribution in [2.75, 3.05) is 38.1 Å². The predicted octanol–water partition coefficient (Wildman–Crippen LogP) is 2.74. The summed E-state index contributed by atoms with van der Waals surface area (Å²) in [5.41, 5.74) is 3.52. The highest BCUT2D eigenvalue weighted by molar-refractivity contribution is 7.80. The molecule has 22 heavy (non-hydrogen) atoms. The van der Waals surface area contributed by atoms with Crippen LogP contribution in [0, 0.1) is 6.92 Å². The van der Waals surface area contributed by atoms with Gasteiger partial charge in [-0.25, -0.2) is 4.98 Å².